The van der Waals surface area contributed by atoms with Crippen molar-refractivity contribution >= 4 is 27.7 Å². The smallest absolute Gasteiger partial charge is 0.324 e. The maximum absolute atomic E-state index is 13.2. The lowest BCUT2D eigenvalue weighted by atomic mass is 10.1. The number of ether oxygens (including phenoxy) is 1. The molecule has 176 valence electrons. The molecule has 0 saturated carbocycles. The number of carbonyl (C=O) groups excluding carboxylic acids is 3. The number of rotatable bonds is 6. The van der Waals surface area contributed by atoms with Crippen LogP contribution in [0.25, 0.3) is 0 Å². The number of Topliss-reactive ketones (excluding diaryl/α,β-unsaturated/α-hetero) is 1. The summed E-state index contributed by atoms with van der Waals surface area (Å²) in [7, 11) is -3.94. The van der Waals surface area contributed by atoms with Gasteiger partial charge in [0.25, 0.3) is 5.91 Å². The Morgan fingerprint density at radius 1 is 0.906 bits per heavy atom. The van der Waals surface area contributed by atoms with Crippen LogP contribution in [0.5, 0.6) is 0 Å². The molecule has 1 amide bonds. The lowest BCUT2D eigenvalue weighted by Gasteiger charge is -2.33. The highest BCUT2D eigenvalue weighted by Crippen LogP contribution is 2.26. The minimum atomic E-state index is -3.94. The number of benzene rings is 1. The normalized spacial score (nSPS) is 20.8. The summed E-state index contributed by atoms with van der Waals surface area (Å²) in [6.45, 7) is 2.58. The van der Waals surface area contributed by atoms with Crippen molar-refractivity contribution in [1.82, 2.24) is 9.21 Å². The lowest BCUT2D eigenvalue weighted by molar-refractivity contribution is -0.156. The summed E-state index contributed by atoms with van der Waals surface area (Å²) in [4.78, 5) is 38.6. The van der Waals surface area contributed by atoms with E-state index < -0.39 is 22.0 Å². The molecule has 2 heterocycles. The van der Waals surface area contributed by atoms with Crippen molar-refractivity contribution in [2.45, 2.75) is 69.2 Å². The first-order valence-corrected chi connectivity index (χ1v) is 12.8. The van der Waals surface area contributed by atoms with Crippen LogP contribution in [0.3, 0.4) is 0 Å². The second-order valence-electron chi connectivity index (χ2n) is 8.46. The van der Waals surface area contributed by atoms with Crippen LogP contribution in [0.15, 0.2) is 29.2 Å². The van der Waals surface area contributed by atoms with Gasteiger partial charge >= 0.3 is 5.97 Å². The number of amides is 1. The maximum Gasteiger partial charge on any atom is 0.324 e. The van der Waals surface area contributed by atoms with Gasteiger partial charge in [0.1, 0.15) is 6.04 Å². The number of esters is 1. The standard InChI is InChI=1S/C23H32N2O6S/c1-18(26)19-10-12-20(13-11-19)32(29,30)25-16-8-5-9-21(25)23(28)31-17-22(27)24-14-6-3-2-4-7-15-24/h10-13,21H,2-9,14-17H2,1H3. The average molecular weight is 465 g/mol. The molecule has 8 nitrogen and oxygen atoms in total. The zero-order valence-electron chi connectivity index (χ0n) is 18.6. The Morgan fingerprint density at radius 3 is 2.12 bits per heavy atom. The summed E-state index contributed by atoms with van der Waals surface area (Å²) >= 11 is 0. The molecule has 1 aromatic rings. The molecule has 0 spiro atoms. The van der Waals surface area contributed by atoms with Crippen LogP contribution in [-0.2, 0) is 24.3 Å². The van der Waals surface area contributed by atoms with Gasteiger partial charge in [-0.05, 0) is 51.2 Å². The van der Waals surface area contributed by atoms with E-state index in [1.807, 2.05) is 0 Å². The molecule has 1 unspecified atom stereocenters. The van der Waals surface area contributed by atoms with E-state index >= 15 is 0 Å². The van der Waals surface area contributed by atoms with E-state index in [0.717, 1.165) is 25.7 Å². The molecule has 2 aliphatic rings. The summed E-state index contributed by atoms with van der Waals surface area (Å²) in [5.41, 5.74) is 0.418. The van der Waals surface area contributed by atoms with Crippen molar-refractivity contribution < 1.29 is 27.5 Å². The first-order valence-electron chi connectivity index (χ1n) is 11.4. The number of hydrogen-bond donors (Lipinski definition) is 0. The molecule has 1 aromatic carbocycles. The third-order valence-electron chi connectivity index (χ3n) is 6.14. The Labute approximate surface area is 190 Å². The highest BCUT2D eigenvalue weighted by Gasteiger charge is 2.39. The third kappa shape index (κ3) is 5.95. The number of sulfonamides is 1. The fourth-order valence-corrected chi connectivity index (χ4v) is 5.89. The SMILES string of the molecule is CC(=O)c1ccc(S(=O)(=O)N2CCCCC2C(=O)OCC(=O)N2CCCCCCC2)cc1. The number of carbonyl (C=O) groups is 3. The summed E-state index contributed by atoms with van der Waals surface area (Å²) in [5, 5.41) is 0. The minimum absolute atomic E-state index is 0.0268. The van der Waals surface area contributed by atoms with Crippen molar-refractivity contribution in [3.63, 3.8) is 0 Å². The largest absolute Gasteiger partial charge is 0.454 e. The van der Waals surface area contributed by atoms with Gasteiger partial charge in [-0.15, -0.1) is 0 Å². The third-order valence-corrected chi connectivity index (χ3v) is 8.06. The van der Waals surface area contributed by atoms with Crippen LogP contribution < -0.4 is 0 Å². The molecule has 3 rings (SSSR count). The van der Waals surface area contributed by atoms with Crippen LogP contribution >= 0.6 is 0 Å². The molecule has 0 aliphatic carbocycles. The number of piperidine rings is 1. The van der Waals surface area contributed by atoms with Crippen molar-refractivity contribution in [3.8, 4) is 0 Å². The second kappa shape index (κ2) is 11.0. The van der Waals surface area contributed by atoms with Crippen molar-refractivity contribution in [2.75, 3.05) is 26.2 Å². The van der Waals surface area contributed by atoms with Gasteiger partial charge in [0.05, 0.1) is 4.90 Å². The molecule has 0 bridgehead atoms. The minimum Gasteiger partial charge on any atom is -0.454 e. The van der Waals surface area contributed by atoms with Gasteiger partial charge in [-0.3, -0.25) is 14.4 Å². The first kappa shape index (κ1) is 24.4. The first-order chi connectivity index (χ1) is 15.3. The van der Waals surface area contributed by atoms with E-state index in [-0.39, 0.29) is 29.7 Å². The number of ketones is 1. The van der Waals surface area contributed by atoms with Gasteiger partial charge in [0.15, 0.2) is 12.4 Å². The second-order valence-corrected chi connectivity index (χ2v) is 10.4. The zero-order chi connectivity index (χ0) is 23.1. The van der Waals surface area contributed by atoms with Crippen molar-refractivity contribution in [2.24, 2.45) is 0 Å². The van der Waals surface area contributed by atoms with E-state index in [4.69, 9.17) is 4.74 Å². The fourth-order valence-electron chi connectivity index (χ4n) is 4.24. The molecule has 0 N–H and O–H groups in total. The Hall–Kier alpha value is -2.26. The average Bonchev–Trinajstić information content (AvgIpc) is 2.77. The van der Waals surface area contributed by atoms with E-state index in [2.05, 4.69) is 0 Å². The van der Waals surface area contributed by atoms with Gasteiger partial charge < -0.3 is 9.64 Å². The molecular formula is C23H32N2O6S. The van der Waals surface area contributed by atoms with Gasteiger partial charge in [-0.25, -0.2) is 8.42 Å². The highest BCUT2D eigenvalue weighted by molar-refractivity contribution is 7.89. The molecule has 0 aromatic heterocycles. The highest BCUT2D eigenvalue weighted by atomic mass is 32.2. The van der Waals surface area contributed by atoms with E-state index in [1.54, 1.807) is 4.90 Å². The van der Waals surface area contributed by atoms with Crippen LogP contribution in [-0.4, -0.2) is 67.6 Å². The number of likely N-dealkylation sites (tertiary alicyclic amines) is 1. The summed E-state index contributed by atoms with van der Waals surface area (Å²) in [6, 6.07) is 4.74. The summed E-state index contributed by atoms with van der Waals surface area (Å²) in [5.74, 6) is -1.07. The van der Waals surface area contributed by atoms with E-state index in [1.165, 1.54) is 41.9 Å². The Bertz CT molecular complexity index is 920. The van der Waals surface area contributed by atoms with Gasteiger partial charge in [0.2, 0.25) is 10.0 Å². The predicted octanol–water partition coefficient (Wildman–Crippen LogP) is 2.77. The van der Waals surface area contributed by atoms with Gasteiger partial charge in [0, 0.05) is 25.2 Å². The summed E-state index contributed by atoms with van der Waals surface area (Å²) < 4.78 is 32.9. The van der Waals surface area contributed by atoms with Crippen LogP contribution in [0, 0.1) is 0 Å². The lowest BCUT2D eigenvalue weighted by Crippen LogP contribution is -2.49. The van der Waals surface area contributed by atoms with Crippen LogP contribution in [0.1, 0.15) is 68.6 Å². The molecular weight excluding hydrogens is 432 g/mol. The molecule has 1 atom stereocenters. The number of nitrogens with zero attached hydrogens (tertiary/aromatic N) is 2. The maximum atomic E-state index is 13.2. The Kier molecular flexibility index (Phi) is 8.42. The molecule has 0 radical (unpaired) electrons. The molecule has 2 saturated heterocycles. The van der Waals surface area contributed by atoms with Gasteiger partial charge in [-0.2, -0.15) is 4.31 Å². The molecule has 32 heavy (non-hydrogen) atoms. The molecule has 2 fully saturated rings. The zero-order valence-corrected chi connectivity index (χ0v) is 19.4. The fraction of sp³-hybridized carbons (Fsp3) is 0.609. The Balaban J connectivity index is 1.66. The van der Waals surface area contributed by atoms with E-state index in [9.17, 15) is 22.8 Å². The van der Waals surface area contributed by atoms with Crippen LogP contribution in [0.4, 0.5) is 0 Å². The Morgan fingerprint density at radius 2 is 1.50 bits per heavy atom. The van der Waals surface area contributed by atoms with E-state index in [0.29, 0.717) is 37.9 Å². The van der Waals surface area contributed by atoms with Crippen molar-refractivity contribution in [1.29, 1.82) is 0 Å². The monoisotopic (exact) mass is 464 g/mol. The summed E-state index contributed by atoms with van der Waals surface area (Å²) in [6.07, 6.45) is 6.93. The predicted molar refractivity (Wildman–Crippen MR) is 119 cm³/mol. The van der Waals surface area contributed by atoms with Crippen LogP contribution in [0.2, 0.25) is 0 Å². The van der Waals surface area contributed by atoms with Crippen molar-refractivity contribution in [3.05, 3.63) is 29.8 Å². The molecule has 2 aliphatic heterocycles. The number of hydrogen-bond acceptors (Lipinski definition) is 6. The van der Waals surface area contributed by atoms with Gasteiger partial charge in [-0.1, -0.05) is 31.4 Å². The quantitative estimate of drug-likeness (QED) is 0.474. The molecule has 9 heteroatoms. The topological polar surface area (TPSA) is 101 Å².